The summed E-state index contributed by atoms with van der Waals surface area (Å²) < 4.78 is 26.9. The minimum absolute atomic E-state index is 0.191. The molecular formula is C12H16BrN3O3S. The van der Waals surface area contributed by atoms with Gasteiger partial charge in [-0.2, -0.15) is 4.31 Å². The van der Waals surface area contributed by atoms with E-state index < -0.39 is 10.0 Å². The van der Waals surface area contributed by atoms with Gasteiger partial charge in [-0.25, -0.2) is 8.42 Å². The lowest BCUT2D eigenvalue weighted by atomic mass is 9.98. The second-order valence-electron chi connectivity index (χ2n) is 4.76. The Kier molecular flexibility index (Phi) is 4.36. The maximum Gasteiger partial charge on any atom is 0.243 e. The van der Waals surface area contributed by atoms with Gasteiger partial charge in [0.1, 0.15) is 0 Å². The summed E-state index contributed by atoms with van der Waals surface area (Å²) in [5, 5.41) is 0. The fraction of sp³-hybridized carbons (Fsp3) is 0.417. The molecule has 1 heterocycles. The fourth-order valence-electron chi connectivity index (χ4n) is 2.20. The van der Waals surface area contributed by atoms with Gasteiger partial charge in [-0.3, -0.25) is 4.79 Å². The van der Waals surface area contributed by atoms with Crippen molar-refractivity contribution in [3.63, 3.8) is 0 Å². The zero-order valence-corrected chi connectivity index (χ0v) is 13.2. The lowest BCUT2D eigenvalue weighted by molar-refractivity contribution is -0.122. The SMILES string of the molecule is NC(=O)C1CCN(S(=O)(=O)c2ccc(N)c(Br)c2)CC1. The van der Waals surface area contributed by atoms with Gasteiger partial charge >= 0.3 is 0 Å². The molecule has 0 aliphatic carbocycles. The van der Waals surface area contributed by atoms with Gasteiger partial charge in [-0.1, -0.05) is 0 Å². The summed E-state index contributed by atoms with van der Waals surface area (Å²) in [6, 6.07) is 4.52. The van der Waals surface area contributed by atoms with Gasteiger partial charge in [0.25, 0.3) is 0 Å². The number of carbonyl (C=O) groups excluding carboxylic acids is 1. The molecule has 0 atom stereocenters. The van der Waals surface area contributed by atoms with Crippen molar-refractivity contribution in [3.8, 4) is 0 Å². The normalized spacial score (nSPS) is 18.1. The predicted octanol–water partition coefficient (Wildman–Crippen LogP) is 0.917. The van der Waals surface area contributed by atoms with Crippen molar-refractivity contribution in [2.24, 2.45) is 11.7 Å². The summed E-state index contributed by atoms with van der Waals surface area (Å²) in [4.78, 5) is 11.3. The van der Waals surface area contributed by atoms with Crippen molar-refractivity contribution in [1.29, 1.82) is 0 Å². The summed E-state index contributed by atoms with van der Waals surface area (Å²) >= 11 is 3.22. The van der Waals surface area contributed by atoms with Gasteiger partial charge in [-0.15, -0.1) is 0 Å². The molecule has 1 aromatic rings. The van der Waals surface area contributed by atoms with Crippen molar-refractivity contribution in [1.82, 2.24) is 4.31 Å². The molecule has 0 aromatic heterocycles. The molecule has 1 aromatic carbocycles. The Labute approximate surface area is 126 Å². The van der Waals surface area contributed by atoms with Crippen molar-refractivity contribution in [2.45, 2.75) is 17.7 Å². The standard InChI is InChI=1S/C12H16BrN3O3S/c13-10-7-9(1-2-11(10)14)20(18,19)16-5-3-8(4-6-16)12(15)17/h1-2,7-8H,3-6,14H2,(H2,15,17). The van der Waals surface area contributed by atoms with Crippen LogP contribution >= 0.6 is 15.9 Å². The molecule has 1 aliphatic heterocycles. The molecule has 0 radical (unpaired) electrons. The second-order valence-corrected chi connectivity index (χ2v) is 7.56. The van der Waals surface area contributed by atoms with Crippen LogP contribution in [0.3, 0.4) is 0 Å². The molecule has 1 amide bonds. The van der Waals surface area contributed by atoms with Crippen LogP contribution < -0.4 is 11.5 Å². The van der Waals surface area contributed by atoms with Crippen molar-refractivity contribution in [2.75, 3.05) is 18.8 Å². The highest BCUT2D eigenvalue weighted by Gasteiger charge is 2.31. The Bertz CT molecular complexity index is 625. The molecule has 0 bridgehead atoms. The van der Waals surface area contributed by atoms with Crippen molar-refractivity contribution < 1.29 is 13.2 Å². The number of primary amides is 1. The highest BCUT2D eigenvalue weighted by Crippen LogP contribution is 2.27. The monoisotopic (exact) mass is 361 g/mol. The minimum Gasteiger partial charge on any atom is -0.398 e. The van der Waals surface area contributed by atoms with E-state index >= 15 is 0 Å². The number of nitrogens with two attached hydrogens (primary N) is 2. The van der Waals surface area contributed by atoms with Gasteiger partial charge in [-0.05, 0) is 47.0 Å². The molecule has 0 spiro atoms. The van der Waals surface area contributed by atoms with Crippen LogP contribution in [0.25, 0.3) is 0 Å². The number of piperidine rings is 1. The molecule has 110 valence electrons. The molecule has 1 saturated heterocycles. The van der Waals surface area contributed by atoms with Crippen molar-refractivity contribution >= 4 is 37.5 Å². The zero-order valence-electron chi connectivity index (χ0n) is 10.8. The number of anilines is 1. The second kappa shape index (κ2) is 5.71. The average molecular weight is 362 g/mol. The summed E-state index contributed by atoms with van der Waals surface area (Å²) in [6.45, 7) is 0.607. The van der Waals surface area contributed by atoms with Gasteiger partial charge in [0.15, 0.2) is 0 Å². The van der Waals surface area contributed by atoms with Crippen LogP contribution in [0.2, 0.25) is 0 Å². The van der Waals surface area contributed by atoms with Crippen LogP contribution in [-0.2, 0) is 14.8 Å². The molecule has 20 heavy (non-hydrogen) atoms. The molecule has 2 rings (SSSR count). The van der Waals surface area contributed by atoms with E-state index in [0.717, 1.165) is 0 Å². The number of hydrogen-bond acceptors (Lipinski definition) is 4. The first-order valence-corrected chi connectivity index (χ1v) is 8.40. The first-order chi connectivity index (χ1) is 9.32. The summed E-state index contributed by atoms with van der Waals surface area (Å²) in [5.74, 6) is -0.600. The number of benzene rings is 1. The van der Waals surface area contributed by atoms with Crippen LogP contribution in [0.15, 0.2) is 27.6 Å². The first-order valence-electron chi connectivity index (χ1n) is 6.17. The van der Waals surface area contributed by atoms with E-state index in [-0.39, 0.29) is 16.7 Å². The number of hydrogen-bond donors (Lipinski definition) is 2. The first kappa shape index (κ1) is 15.3. The van der Waals surface area contributed by atoms with Gasteiger partial charge in [0.2, 0.25) is 15.9 Å². The Morgan fingerprint density at radius 2 is 1.90 bits per heavy atom. The van der Waals surface area contributed by atoms with Crippen LogP contribution in [0, 0.1) is 5.92 Å². The third kappa shape index (κ3) is 2.97. The molecule has 8 heteroatoms. The number of carbonyl (C=O) groups is 1. The minimum atomic E-state index is -3.55. The van der Waals surface area contributed by atoms with Crippen LogP contribution in [-0.4, -0.2) is 31.7 Å². The number of nitrogen functional groups attached to an aromatic ring is 1. The predicted molar refractivity (Wildman–Crippen MR) is 79.2 cm³/mol. The van der Waals surface area contributed by atoms with E-state index in [4.69, 9.17) is 11.5 Å². The maximum absolute atomic E-state index is 12.5. The van der Waals surface area contributed by atoms with E-state index in [0.29, 0.717) is 36.1 Å². The van der Waals surface area contributed by atoms with Crippen molar-refractivity contribution in [3.05, 3.63) is 22.7 Å². The number of sulfonamides is 1. The molecule has 6 nitrogen and oxygen atoms in total. The van der Waals surface area contributed by atoms with E-state index in [1.807, 2.05) is 0 Å². The van der Waals surface area contributed by atoms with E-state index in [2.05, 4.69) is 15.9 Å². The highest BCUT2D eigenvalue weighted by molar-refractivity contribution is 9.10. The summed E-state index contributed by atoms with van der Waals surface area (Å²) in [7, 11) is -3.55. The average Bonchev–Trinajstić information content (AvgIpc) is 2.41. The molecule has 0 unspecified atom stereocenters. The number of amides is 1. The van der Waals surface area contributed by atoms with Gasteiger partial charge < -0.3 is 11.5 Å². The lowest BCUT2D eigenvalue weighted by Gasteiger charge is -2.29. The maximum atomic E-state index is 12.5. The highest BCUT2D eigenvalue weighted by atomic mass is 79.9. The Hall–Kier alpha value is -1.12. The molecule has 1 aliphatic rings. The largest absolute Gasteiger partial charge is 0.398 e. The molecule has 4 N–H and O–H groups in total. The van der Waals surface area contributed by atoms with Crippen LogP contribution in [0.5, 0.6) is 0 Å². The van der Waals surface area contributed by atoms with Gasteiger partial charge in [0.05, 0.1) is 4.90 Å². The zero-order chi connectivity index (χ0) is 14.9. The topological polar surface area (TPSA) is 106 Å². The van der Waals surface area contributed by atoms with Crippen LogP contribution in [0.1, 0.15) is 12.8 Å². The van der Waals surface area contributed by atoms with Gasteiger partial charge in [0, 0.05) is 29.2 Å². The van der Waals surface area contributed by atoms with Crippen LogP contribution in [0.4, 0.5) is 5.69 Å². The van der Waals surface area contributed by atoms with E-state index in [9.17, 15) is 13.2 Å². The molecule has 1 fully saturated rings. The third-order valence-corrected chi connectivity index (χ3v) is 6.05. The Morgan fingerprint density at radius 3 is 2.40 bits per heavy atom. The van der Waals surface area contributed by atoms with E-state index in [1.165, 1.54) is 16.4 Å². The smallest absolute Gasteiger partial charge is 0.243 e. The number of nitrogens with zero attached hydrogens (tertiary/aromatic N) is 1. The number of rotatable bonds is 3. The quantitative estimate of drug-likeness (QED) is 0.780. The molecule has 0 saturated carbocycles. The summed E-state index contributed by atoms with van der Waals surface area (Å²) in [6.07, 6.45) is 0.926. The third-order valence-electron chi connectivity index (χ3n) is 3.47. The summed E-state index contributed by atoms with van der Waals surface area (Å²) in [5.41, 5.74) is 11.4. The van der Waals surface area contributed by atoms with E-state index in [1.54, 1.807) is 6.07 Å². The lowest BCUT2D eigenvalue weighted by Crippen LogP contribution is -2.41. The number of halogens is 1. The fourth-order valence-corrected chi connectivity index (χ4v) is 4.22. The Morgan fingerprint density at radius 1 is 1.30 bits per heavy atom. The molecular weight excluding hydrogens is 346 g/mol. The Balaban J connectivity index is 2.19.